The van der Waals surface area contributed by atoms with Crippen molar-refractivity contribution in [2.75, 3.05) is 11.4 Å². The van der Waals surface area contributed by atoms with Crippen molar-refractivity contribution in [2.45, 2.75) is 13.0 Å². The SMILES string of the molecule is Clc1nncc(N2CCc3ccccc3C2)n1. The van der Waals surface area contributed by atoms with Crippen molar-refractivity contribution in [3.05, 3.63) is 46.9 Å². The van der Waals surface area contributed by atoms with Crippen LogP contribution in [0.4, 0.5) is 5.82 Å². The third-order valence-electron chi connectivity index (χ3n) is 2.97. The van der Waals surface area contributed by atoms with Gasteiger partial charge >= 0.3 is 0 Å². The highest BCUT2D eigenvalue weighted by Crippen LogP contribution is 2.22. The maximum absolute atomic E-state index is 5.75. The van der Waals surface area contributed by atoms with Crippen LogP contribution in [0.1, 0.15) is 11.1 Å². The van der Waals surface area contributed by atoms with Gasteiger partial charge in [0.15, 0.2) is 5.82 Å². The van der Waals surface area contributed by atoms with Crippen LogP contribution in [-0.4, -0.2) is 21.7 Å². The molecule has 0 saturated carbocycles. The Bertz CT molecular complexity index is 544. The molecule has 2 heterocycles. The second-order valence-corrected chi connectivity index (χ2v) is 4.36. The summed E-state index contributed by atoms with van der Waals surface area (Å²) in [6.45, 7) is 1.79. The number of aromatic nitrogens is 3. The van der Waals surface area contributed by atoms with E-state index in [1.54, 1.807) is 6.20 Å². The summed E-state index contributed by atoms with van der Waals surface area (Å²) in [4.78, 5) is 6.36. The first-order valence-electron chi connectivity index (χ1n) is 5.50. The zero-order valence-electron chi connectivity index (χ0n) is 9.17. The number of hydrogen-bond donors (Lipinski definition) is 0. The fourth-order valence-corrected chi connectivity index (χ4v) is 2.25. The summed E-state index contributed by atoms with van der Waals surface area (Å²) in [7, 11) is 0. The summed E-state index contributed by atoms with van der Waals surface area (Å²) in [5, 5.41) is 7.68. The lowest BCUT2D eigenvalue weighted by Crippen LogP contribution is -2.31. The van der Waals surface area contributed by atoms with Gasteiger partial charge in [-0.05, 0) is 29.1 Å². The van der Waals surface area contributed by atoms with Crippen molar-refractivity contribution < 1.29 is 0 Å². The molecule has 0 fully saturated rings. The Balaban J connectivity index is 1.89. The molecule has 17 heavy (non-hydrogen) atoms. The summed E-state index contributed by atoms with van der Waals surface area (Å²) in [5.41, 5.74) is 2.75. The minimum Gasteiger partial charge on any atom is -0.351 e. The van der Waals surface area contributed by atoms with E-state index in [9.17, 15) is 0 Å². The van der Waals surface area contributed by atoms with Crippen LogP contribution in [0.25, 0.3) is 0 Å². The molecule has 0 unspecified atom stereocenters. The minimum absolute atomic E-state index is 0.196. The molecule has 0 saturated heterocycles. The van der Waals surface area contributed by atoms with Crippen LogP contribution in [0, 0.1) is 0 Å². The van der Waals surface area contributed by atoms with Gasteiger partial charge in [-0.3, -0.25) is 0 Å². The molecule has 4 nitrogen and oxygen atoms in total. The predicted molar refractivity (Wildman–Crippen MR) is 66.0 cm³/mol. The minimum atomic E-state index is 0.196. The monoisotopic (exact) mass is 246 g/mol. The highest BCUT2D eigenvalue weighted by molar-refractivity contribution is 6.28. The zero-order valence-corrected chi connectivity index (χ0v) is 9.93. The van der Waals surface area contributed by atoms with Crippen LogP contribution in [0.3, 0.4) is 0 Å². The Morgan fingerprint density at radius 1 is 1.18 bits per heavy atom. The van der Waals surface area contributed by atoms with E-state index in [0.29, 0.717) is 0 Å². The molecule has 2 aromatic rings. The van der Waals surface area contributed by atoms with E-state index < -0.39 is 0 Å². The van der Waals surface area contributed by atoms with Gasteiger partial charge in [0, 0.05) is 13.1 Å². The normalized spacial score (nSPS) is 14.5. The first kappa shape index (κ1) is 10.5. The number of halogens is 1. The van der Waals surface area contributed by atoms with E-state index >= 15 is 0 Å². The average molecular weight is 247 g/mol. The van der Waals surface area contributed by atoms with Gasteiger partial charge in [-0.1, -0.05) is 24.3 Å². The van der Waals surface area contributed by atoms with Gasteiger partial charge in [0.05, 0.1) is 6.20 Å². The van der Waals surface area contributed by atoms with E-state index in [0.717, 1.165) is 25.3 Å². The molecule has 5 heteroatoms. The molecule has 0 amide bonds. The molecule has 0 N–H and O–H groups in total. The number of hydrogen-bond acceptors (Lipinski definition) is 4. The number of nitrogens with zero attached hydrogens (tertiary/aromatic N) is 4. The number of rotatable bonds is 1. The molecule has 1 aliphatic rings. The maximum atomic E-state index is 5.75. The second kappa shape index (κ2) is 4.30. The summed E-state index contributed by atoms with van der Waals surface area (Å²) < 4.78 is 0. The largest absolute Gasteiger partial charge is 0.351 e. The van der Waals surface area contributed by atoms with Crippen molar-refractivity contribution in [1.29, 1.82) is 0 Å². The molecule has 0 atom stereocenters. The first-order chi connectivity index (χ1) is 8.33. The molecule has 0 radical (unpaired) electrons. The van der Waals surface area contributed by atoms with E-state index in [4.69, 9.17) is 11.6 Å². The zero-order chi connectivity index (χ0) is 11.7. The smallest absolute Gasteiger partial charge is 0.244 e. The van der Waals surface area contributed by atoms with Gasteiger partial charge in [-0.2, -0.15) is 10.1 Å². The molecular formula is C12H11ClN4. The summed E-state index contributed by atoms with van der Waals surface area (Å²) in [5.74, 6) is 0.791. The highest BCUT2D eigenvalue weighted by atomic mass is 35.5. The molecule has 1 aromatic carbocycles. The van der Waals surface area contributed by atoms with Gasteiger partial charge in [0.1, 0.15) is 0 Å². The number of benzene rings is 1. The lowest BCUT2D eigenvalue weighted by atomic mass is 10.0. The lowest BCUT2D eigenvalue weighted by Gasteiger charge is -2.29. The highest BCUT2D eigenvalue weighted by Gasteiger charge is 2.17. The molecule has 0 aliphatic carbocycles. The Morgan fingerprint density at radius 2 is 2.00 bits per heavy atom. The van der Waals surface area contributed by atoms with E-state index in [2.05, 4.69) is 44.3 Å². The Hall–Kier alpha value is -1.68. The van der Waals surface area contributed by atoms with E-state index in [-0.39, 0.29) is 5.28 Å². The third-order valence-corrected chi connectivity index (χ3v) is 3.14. The maximum Gasteiger partial charge on any atom is 0.244 e. The van der Waals surface area contributed by atoms with Crippen molar-refractivity contribution in [3.8, 4) is 0 Å². The quantitative estimate of drug-likeness (QED) is 0.773. The van der Waals surface area contributed by atoms with Gasteiger partial charge in [0.2, 0.25) is 5.28 Å². The fraction of sp³-hybridized carbons (Fsp3) is 0.250. The van der Waals surface area contributed by atoms with Gasteiger partial charge in [-0.15, -0.1) is 5.10 Å². The van der Waals surface area contributed by atoms with Crippen molar-refractivity contribution >= 4 is 17.4 Å². The second-order valence-electron chi connectivity index (χ2n) is 4.02. The van der Waals surface area contributed by atoms with Crippen LogP contribution >= 0.6 is 11.6 Å². The first-order valence-corrected chi connectivity index (χ1v) is 5.88. The van der Waals surface area contributed by atoms with E-state index in [1.165, 1.54) is 11.1 Å². The molecule has 86 valence electrons. The summed E-state index contributed by atoms with van der Waals surface area (Å²) in [6.07, 6.45) is 2.68. The van der Waals surface area contributed by atoms with Crippen LogP contribution in [-0.2, 0) is 13.0 Å². The number of fused-ring (bicyclic) bond motifs is 1. The molecule has 3 rings (SSSR count). The van der Waals surface area contributed by atoms with Crippen LogP contribution < -0.4 is 4.90 Å². The number of anilines is 1. The Morgan fingerprint density at radius 3 is 2.82 bits per heavy atom. The van der Waals surface area contributed by atoms with Crippen LogP contribution in [0.2, 0.25) is 5.28 Å². The Labute approximate surface area is 104 Å². The molecule has 0 bridgehead atoms. The van der Waals surface area contributed by atoms with E-state index in [1.807, 2.05) is 0 Å². The van der Waals surface area contributed by atoms with Crippen molar-refractivity contribution in [2.24, 2.45) is 0 Å². The standard InChI is InChI=1S/C12H11ClN4/c13-12-15-11(7-14-16-12)17-6-5-9-3-1-2-4-10(9)8-17/h1-4,7H,5-6,8H2. The van der Waals surface area contributed by atoms with Crippen LogP contribution in [0.15, 0.2) is 30.5 Å². The summed E-state index contributed by atoms with van der Waals surface area (Å²) in [6, 6.07) is 8.47. The molecule has 1 aromatic heterocycles. The van der Waals surface area contributed by atoms with Gasteiger partial charge < -0.3 is 4.90 Å². The van der Waals surface area contributed by atoms with Gasteiger partial charge in [-0.25, -0.2) is 0 Å². The molecular weight excluding hydrogens is 236 g/mol. The lowest BCUT2D eigenvalue weighted by molar-refractivity contribution is 0.713. The molecule has 0 spiro atoms. The fourth-order valence-electron chi connectivity index (χ4n) is 2.12. The predicted octanol–water partition coefficient (Wildman–Crippen LogP) is 2.09. The van der Waals surface area contributed by atoms with Gasteiger partial charge in [0.25, 0.3) is 0 Å². The van der Waals surface area contributed by atoms with Crippen LogP contribution in [0.5, 0.6) is 0 Å². The van der Waals surface area contributed by atoms with Crippen molar-refractivity contribution in [1.82, 2.24) is 15.2 Å². The third kappa shape index (κ3) is 2.08. The Kier molecular flexibility index (Phi) is 2.65. The topological polar surface area (TPSA) is 41.9 Å². The summed E-state index contributed by atoms with van der Waals surface area (Å²) >= 11 is 5.75. The van der Waals surface area contributed by atoms with Crippen molar-refractivity contribution in [3.63, 3.8) is 0 Å². The average Bonchev–Trinajstić information content (AvgIpc) is 2.38. The molecule has 1 aliphatic heterocycles.